The number of halogens is 4. The lowest BCUT2D eigenvalue weighted by Gasteiger charge is -2.29. The number of carbonyl (C=O) groups is 1. The van der Waals surface area contributed by atoms with Crippen LogP contribution >= 0.6 is 0 Å². The second-order valence-electron chi connectivity index (χ2n) is 4.92. The predicted molar refractivity (Wildman–Crippen MR) is 74.3 cm³/mol. The highest BCUT2D eigenvalue weighted by Gasteiger charge is 2.53. The normalized spacial score (nSPS) is 20.5. The lowest BCUT2D eigenvalue weighted by molar-refractivity contribution is -0.193. The van der Waals surface area contributed by atoms with Gasteiger partial charge in [0.15, 0.2) is 6.61 Å². The van der Waals surface area contributed by atoms with Gasteiger partial charge < -0.3 is 14.6 Å². The van der Waals surface area contributed by atoms with E-state index in [9.17, 15) is 27.5 Å². The van der Waals surface area contributed by atoms with Crippen LogP contribution in [0, 0.1) is 0 Å². The molecule has 1 aliphatic heterocycles. The zero-order valence-corrected chi connectivity index (χ0v) is 12.5. The third-order valence-electron chi connectivity index (χ3n) is 3.30. The van der Waals surface area contributed by atoms with Crippen LogP contribution in [0.2, 0.25) is 0 Å². The topological polar surface area (TPSA) is 71.4 Å². The summed E-state index contributed by atoms with van der Waals surface area (Å²) in [4.78, 5) is 12.0. The standard InChI is InChI=1S/C14H14F4N2O4/c1-23-8-2-4-9(5-3-8)24-7-11(21)20-14(22,13(17)18)6-10(19-20)12(15)16/h2-5,12-13,22H,6-7H2,1H3. The molecule has 6 nitrogen and oxygen atoms in total. The summed E-state index contributed by atoms with van der Waals surface area (Å²) in [5.74, 6) is -0.419. The van der Waals surface area contributed by atoms with Gasteiger partial charge in [-0.25, -0.2) is 17.6 Å². The van der Waals surface area contributed by atoms with Gasteiger partial charge >= 0.3 is 0 Å². The number of aliphatic hydroxyl groups is 1. The number of methoxy groups -OCH3 is 1. The maximum absolute atomic E-state index is 13.0. The number of nitrogens with zero attached hydrogens (tertiary/aromatic N) is 2. The van der Waals surface area contributed by atoms with Gasteiger partial charge in [0.25, 0.3) is 18.8 Å². The van der Waals surface area contributed by atoms with Gasteiger partial charge in [0.05, 0.1) is 7.11 Å². The summed E-state index contributed by atoms with van der Waals surface area (Å²) in [5, 5.41) is 12.9. The van der Waals surface area contributed by atoms with Gasteiger partial charge in [0, 0.05) is 6.42 Å². The molecule has 1 aromatic rings. The molecule has 0 aliphatic carbocycles. The lowest BCUT2D eigenvalue weighted by Crippen LogP contribution is -2.52. The quantitative estimate of drug-likeness (QED) is 0.796. The molecule has 0 bridgehead atoms. The SMILES string of the molecule is COc1ccc(OCC(=O)N2N=C(C(F)F)CC2(O)C(F)F)cc1. The average Bonchev–Trinajstić information content (AvgIpc) is 2.93. The predicted octanol–water partition coefficient (Wildman–Crippen LogP) is 1.88. The van der Waals surface area contributed by atoms with Crippen LogP contribution in [0.5, 0.6) is 11.5 Å². The Morgan fingerprint density at radius 1 is 1.29 bits per heavy atom. The molecule has 0 aromatic heterocycles. The molecular formula is C14H14F4N2O4. The Hall–Kier alpha value is -2.36. The minimum atomic E-state index is -3.47. The van der Waals surface area contributed by atoms with Crippen LogP contribution in [0.25, 0.3) is 0 Å². The minimum Gasteiger partial charge on any atom is -0.497 e. The fourth-order valence-corrected chi connectivity index (χ4v) is 2.03. The van der Waals surface area contributed by atoms with Crippen LogP contribution in [0.1, 0.15) is 6.42 Å². The van der Waals surface area contributed by atoms with E-state index in [1.807, 2.05) is 0 Å². The second kappa shape index (κ2) is 7.04. The Morgan fingerprint density at radius 2 is 1.88 bits per heavy atom. The van der Waals surface area contributed by atoms with E-state index in [2.05, 4.69) is 5.10 Å². The van der Waals surface area contributed by atoms with Gasteiger partial charge in [-0.15, -0.1) is 0 Å². The zero-order valence-electron chi connectivity index (χ0n) is 12.5. The summed E-state index contributed by atoms with van der Waals surface area (Å²) in [5.41, 5.74) is -4.10. The number of hydrazone groups is 1. The highest BCUT2D eigenvalue weighted by Crippen LogP contribution is 2.33. The first-order chi connectivity index (χ1) is 11.3. The molecule has 0 saturated carbocycles. The third-order valence-corrected chi connectivity index (χ3v) is 3.30. The van der Waals surface area contributed by atoms with Crippen LogP contribution in [-0.4, -0.2) is 54.0 Å². The van der Waals surface area contributed by atoms with E-state index in [0.29, 0.717) is 5.75 Å². The van der Waals surface area contributed by atoms with E-state index < -0.39 is 43.2 Å². The summed E-state index contributed by atoms with van der Waals surface area (Å²) in [6.07, 6.45) is -7.76. The molecule has 0 fully saturated rings. The smallest absolute Gasteiger partial charge is 0.287 e. The maximum Gasteiger partial charge on any atom is 0.287 e. The van der Waals surface area contributed by atoms with Crippen LogP contribution in [0.15, 0.2) is 29.4 Å². The minimum absolute atomic E-state index is 0.0390. The van der Waals surface area contributed by atoms with Crippen molar-refractivity contribution in [3.63, 3.8) is 0 Å². The summed E-state index contributed by atoms with van der Waals surface area (Å²) in [7, 11) is 1.45. The summed E-state index contributed by atoms with van der Waals surface area (Å²) < 4.78 is 61.3. The van der Waals surface area contributed by atoms with E-state index in [1.165, 1.54) is 31.4 Å². The van der Waals surface area contributed by atoms with E-state index in [1.54, 1.807) is 0 Å². The van der Waals surface area contributed by atoms with Crippen LogP contribution in [0.4, 0.5) is 17.6 Å². The lowest BCUT2D eigenvalue weighted by atomic mass is 10.1. The van der Waals surface area contributed by atoms with Crippen molar-refractivity contribution in [2.45, 2.75) is 25.0 Å². The molecule has 0 saturated heterocycles. The fraction of sp³-hybridized carbons (Fsp3) is 0.429. The number of hydrogen-bond acceptors (Lipinski definition) is 5. The second-order valence-corrected chi connectivity index (χ2v) is 4.92. The Bertz CT molecular complexity index is 624. The first-order valence-electron chi connectivity index (χ1n) is 6.74. The third kappa shape index (κ3) is 3.58. The van der Waals surface area contributed by atoms with Crippen molar-refractivity contribution in [2.75, 3.05) is 13.7 Å². The number of hydrogen-bond donors (Lipinski definition) is 1. The van der Waals surface area contributed by atoms with Crippen LogP contribution in [-0.2, 0) is 4.79 Å². The first-order valence-corrected chi connectivity index (χ1v) is 6.74. The molecule has 132 valence electrons. The van der Waals surface area contributed by atoms with Gasteiger partial charge in [0.2, 0.25) is 5.72 Å². The summed E-state index contributed by atoms with van der Waals surface area (Å²) >= 11 is 0. The molecule has 1 aromatic carbocycles. The molecule has 1 aliphatic rings. The number of alkyl halides is 4. The number of ether oxygens (including phenoxy) is 2. The molecule has 1 unspecified atom stereocenters. The highest BCUT2D eigenvalue weighted by atomic mass is 19.3. The van der Waals surface area contributed by atoms with Gasteiger partial charge in [0.1, 0.15) is 17.2 Å². The van der Waals surface area contributed by atoms with Gasteiger partial charge in [-0.3, -0.25) is 4.79 Å². The summed E-state index contributed by atoms with van der Waals surface area (Å²) in [6.45, 7) is -0.763. The zero-order chi connectivity index (χ0) is 17.9. The molecule has 0 spiro atoms. The number of carbonyl (C=O) groups excluding carboxylic acids is 1. The monoisotopic (exact) mass is 350 g/mol. The number of amides is 1. The molecule has 2 rings (SSSR count). The van der Waals surface area contributed by atoms with Crippen molar-refractivity contribution >= 4 is 11.6 Å². The van der Waals surface area contributed by atoms with Crippen molar-refractivity contribution in [3.05, 3.63) is 24.3 Å². The Morgan fingerprint density at radius 3 is 2.38 bits per heavy atom. The largest absolute Gasteiger partial charge is 0.497 e. The van der Waals surface area contributed by atoms with Gasteiger partial charge in [-0.05, 0) is 24.3 Å². The number of rotatable bonds is 6. The van der Waals surface area contributed by atoms with Gasteiger partial charge in [-0.2, -0.15) is 10.1 Å². The Labute approximate surface area is 134 Å². The first kappa shape index (κ1) is 18.0. The van der Waals surface area contributed by atoms with Crippen molar-refractivity contribution in [2.24, 2.45) is 5.10 Å². The van der Waals surface area contributed by atoms with E-state index in [0.717, 1.165) is 0 Å². The van der Waals surface area contributed by atoms with E-state index in [4.69, 9.17) is 9.47 Å². The molecule has 1 N–H and O–H groups in total. The van der Waals surface area contributed by atoms with E-state index in [-0.39, 0.29) is 10.8 Å². The van der Waals surface area contributed by atoms with Crippen molar-refractivity contribution in [1.82, 2.24) is 5.01 Å². The highest BCUT2D eigenvalue weighted by molar-refractivity contribution is 5.93. The Kier molecular flexibility index (Phi) is 5.27. The van der Waals surface area contributed by atoms with Crippen LogP contribution in [0.3, 0.4) is 0 Å². The van der Waals surface area contributed by atoms with Crippen molar-refractivity contribution < 1.29 is 36.9 Å². The van der Waals surface area contributed by atoms with E-state index >= 15 is 0 Å². The maximum atomic E-state index is 13.0. The molecule has 1 atom stereocenters. The fourth-order valence-electron chi connectivity index (χ4n) is 2.03. The summed E-state index contributed by atoms with van der Waals surface area (Å²) in [6, 6.07) is 6.00. The Balaban J connectivity index is 2.08. The number of benzene rings is 1. The van der Waals surface area contributed by atoms with Gasteiger partial charge in [-0.1, -0.05) is 0 Å². The molecule has 24 heavy (non-hydrogen) atoms. The van der Waals surface area contributed by atoms with Crippen LogP contribution < -0.4 is 9.47 Å². The molecule has 0 radical (unpaired) electrons. The molecule has 1 amide bonds. The van der Waals surface area contributed by atoms with Crippen molar-refractivity contribution in [1.29, 1.82) is 0 Å². The average molecular weight is 350 g/mol. The van der Waals surface area contributed by atoms with Crippen molar-refractivity contribution in [3.8, 4) is 11.5 Å². The molecule has 1 heterocycles. The molecular weight excluding hydrogens is 336 g/mol. The molecule has 10 heteroatoms.